The summed E-state index contributed by atoms with van der Waals surface area (Å²) in [6.45, 7) is 9.10. The summed E-state index contributed by atoms with van der Waals surface area (Å²) in [5, 5.41) is 6.17. The van der Waals surface area contributed by atoms with Gasteiger partial charge < -0.3 is 28.0 Å². The smallest absolute Gasteiger partial charge is 0.339 e. The van der Waals surface area contributed by atoms with Gasteiger partial charge in [0.15, 0.2) is 0 Å². The zero-order chi connectivity index (χ0) is 55.4. The van der Waals surface area contributed by atoms with Gasteiger partial charge in [0.05, 0.1) is 30.4 Å². The molecule has 432 valence electrons. The van der Waals surface area contributed by atoms with Crippen molar-refractivity contribution in [2.45, 2.75) is 252 Å². The molecule has 3 aromatic carbocycles. The van der Waals surface area contributed by atoms with Crippen molar-refractivity contribution < 1.29 is 22.7 Å². The van der Waals surface area contributed by atoms with Gasteiger partial charge in [-0.2, -0.15) is 0 Å². The minimum absolute atomic E-state index is 0.291. The normalized spacial score (nSPS) is 11.1. The fourth-order valence-electron chi connectivity index (χ4n) is 10.0. The van der Waals surface area contributed by atoms with Crippen LogP contribution in [0.4, 0.5) is 5.69 Å². The molecular weight excluding hydrogens is 971 g/mol. The molecule has 0 spiro atoms. The number of hydrogen-bond acceptors (Lipinski definition) is 9. The van der Waals surface area contributed by atoms with Crippen molar-refractivity contribution in [1.29, 1.82) is 0 Å². The predicted octanol–water partition coefficient (Wildman–Crippen LogP) is 20.7. The Morgan fingerprint density at radius 2 is 0.731 bits per heavy atom. The van der Waals surface area contributed by atoms with Crippen LogP contribution in [0.5, 0.6) is 11.5 Å². The Morgan fingerprint density at radius 1 is 0.346 bits per heavy atom. The molecule has 0 aliphatic rings. The van der Waals surface area contributed by atoms with Crippen LogP contribution in [0.15, 0.2) is 119 Å². The molecule has 9 nitrogen and oxygen atoms in total. The van der Waals surface area contributed by atoms with Crippen molar-refractivity contribution in [2.75, 3.05) is 25.1 Å². The van der Waals surface area contributed by atoms with Gasteiger partial charge in [-0.05, 0) is 61.7 Å². The maximum Gasteiger partial charge on any atom is 0.339 e. The number of fused-ring (bicyclic) bond motifs is 3. The van der Waals surface area contributed by atoms with Crippen LogP contribution in [-0.4, -0.2) is 19.8 Å². The first-order chi connectivity index (χ1) is 38.4. The van der Waals surface area contributed by atoms with Gasteiger partial charge in [-0.25, -0.2) is 14.4 Å². The first-order valence-electron chi connectivity index (χ1n) is 31.5. The molecule has 9 heteroatoms. The van der Waals surface area contributed by atoms with E-state index in [0.717, 1.165) is 60.0 Å². The van der Waals surface area contributed by atoms with Crippen molar-refractivity contribution in [3.05, 3.63) is 122 Å². The lowest BCUT2D eigenvalue weighted by Crippen LogP contribution is -2.06. The highest BCUT2D eigenvalue weighted by Crippen LogP contribution is 2.25. The van der Waals surface area contributed by atoms with Gasteiger partial charge in [0.1, 0.15) is 28.2 Å². The van der Waals surface area contributed by atoms with Gasteiger partial charge in [-0.3, -0.25) is 0 Å². The monoisotopic (exact) mass is 1070 g/mol. The summed E-state index contributed by atoms with van der Waals surface area (Å²) in [6, 6.07) is 27.1. The molecule has 3 heterocycles. The van der Waals surface area contributed by atoms with E-state index in [1.165, 1.54) is 224 Å². The summed E-state index contributed by atoms with van der Waals surface area (Å²) >= 11 is 0. The molecule has 0 saturated heterocycles. The summed E-state index contributed by atoms with van der Waals surface area (Å²) in [7, 11) is 0. The average Bonchev–Trinajstić information content (AvgIpc) is 3.46. The van der Waals surface area contributed by atoms with Crippen LogP contribution >= 0.6 is 0 Å². The third-order valence-corrected chi connectivity index (χ3v) is 14.7. The van der Waals surface area contributed by atoms with Crippen molar-refractivity contribution in [1.82, 2.24) is 0 Å². The van der Waals surface area contributed by atoms with E-state index in [9.17, 15) is 14.4 Å². The van der Waals surface area contributed by atoms with E-state index >= 15 is 0 Å². The second-order valence-corrected chi connectivity index (χ2v) is 21.6. The fourth-order valence-corrected chi connectivity index (χ4v) is 10.0. The molecule has 0 aliphatic carbocycles. The summed E-state index contributed by atoms with van der Waals surface area (Å²) in [5.41, 5.74) is 1.75. The standard InChI is InChI=1S/C23H35NO2.2C23H34O3/c1-2-3-4-5-6-7-8-9-10-11-12-15-18-24-21-19-23(25)26-22-17-14-13-16-20(21)22;1-2-3-4-5-6-7-8-9-10-11-12-15-18-25-22-19-23(24)26-21-17-14-13-16-20(21)22;1-2-3-4-5-6-7-8-9-10-11-12-13-18-25-21-16-14-20-15-17-23(24)26-22(20)19-21/h13-14,16-17,19,24H,2-12,15,18H2,1H3;13-14,16-17,19H,2-12,15,18H2,1H3;14-17,19H,2-13,18H2,1H3. The first-order valence-corrected chi connectivity index (χ1v) is 31.5. The lowest BCUT2D eigenvalue weighted by atomic mass is 10.1. The lowest BCUT2D eigenvalue weighted by Gasteiger charge is -2.08. The summed E-state index contributed by atoms with van der Waals surface area (Å²) < 4.78 is 27.2. The first kappa shape index (κ1) is 65.2. The van der Waals surface area contributed by atoms with Crippen LogP contribution < -0.4 is 31.7 Å². The Hall–Kier alpha value is -5.31. The molecule has 6 aromatic rings. The molecule has 3 aromatic heterocycles. The molecule has 6 rings (SSSR count). The zero-order valence-corrected chi connectivity index (χ0v) is 49.0. The Morgan fingerprint density at radius 3 is 1.23 bits per heavy atom. The Balaban J connectivity index is 0.000000252. The molecule has 0 aliphatic heterocycles. The van der Waals surface area contributed by atoms with E-state index < -0.39 is 0 Å². The summed E-state index contributed by atoms with van der Waals surface area (Å²) in [5.74, 6) is 1.41. The predicted molar refractivity (Wildman–Crippen MR) is 330 cm³/mol. The SMILES string of the molecule is CCCCCCCCCCCCCCNc1cc(=O)oc2ccccc12.CCCCCCCCCCCCCCOc1cc(=O)oc2ccccc12.CCCCCCCCCCCCCCOc1ccc2ccc(=O)oc2c1. The van der Waals surface area contributed by atoms with Crippen LogP contribution in [0, 0.1) is 0 Å². The van der Waals surface area contributed by atoms with Crippen LogP contribution in [0.3, 0.4) is 0 Å². The van der Waals surface area contributed by atoms with E-state index in [1.54, 1.807) is 24.3 Å². The number of nitrogens with one attached hydrogen (secondary N) is 1. The van der Waals surface area contributed by atoms with E-state index in [2.05, 4.69) is 26.1 Å². The van der Waals surface area contributed by atoms with Gasteiger partial charge in [0.2, 0.25) is 0 Å². The van der Waals surface area contributed by atoms with Crippen LogP contribution in [0.2, 0.25) is 0 Å². The van der Waals surface area contributed by atoms with Crippen LogP contribution in [0.1, 0.15) is 252 Å². The Bertz CT molecular complexity index is 2470. The molecule has 78 heavy (non-hydrogen) atoms. The maximum absolute atomic E-state index is 11.6. The van der Waals surface area contributed by atoms with Crippen molar-refractivity contribution >= 4 is 38.6 Å². The number of anilines is 1. The van der Waals surface area contributed by atoms with E-state index in [0.29, 0.717) is 29.1 Å². The molecule has 1 N–H and O–H groups in total. The van der Waals surface area contributed by atoms with Gasteiger partial charge in [0.25, 0.3) is 0 Å². The molecule has 0 radical (unpaired) electrons. The number of hydrogen-bond donors (Lipinski definition) is 1. The topological polar surface area (TPSA) is 121 Å². The summed E-state index contributed by atoms with van der Waals surface area (Å²) in [6.07, 6.45) is 48.3. The minimum Gasteiger partial charge on any atom is -0.493 e. The number of para-hydroxylation sites is 2. The second-order valence-electron chi connectivity index (χ2n) is 21.6. The van der Waals surface area contributed by atoms with E-state index in [1.807, 2.05) is 54.6 Å². The summed E-state index contributed by atoms with van der Waals surface area (Å²) in [4.78, 5) is 34.5. The van der Waals surface area contributed by atoms with Gasteiger partial charge >= 0.3 is 16.9 Å². The van der Waals surface area contributed by atoms with Crippen LogP contribution in [-0.2, 0) is 0 Å². The van der Waals surface area contributed by atoms with Crippen molar-refractivity contribution in [2.24, 2.45) is 0 Å². The maximum atomic E-state index is 11.6. The number of rotatable bonds is 42. The van der Waals surface area contributed by atoms with Gasteiger partial charge in [-0.15, -0.1) is 0 Å². The fraction of sp³-hybridized carbons (Fsp3) is 0.609. The second kappa shape index (κ2) is 43.6. The Labute approximate surface area is 470 Å². The third kappa shape index (κ3) is 29.6. The van der Waals surface area contributed by atoms with Crippen molar-refractivity contribution in [3.63, 3.8) is 0 Å². The number of unbranched alkanes of at least 4 members (excludes halogenated alkanes) is 33. The molecule has 0 atom stereocenters. The molecule has 0 bridgehead atoms. The zero-order valence-electron chi connectivity index (χ0n) is 49.0. The van der Waals surface area contributed by atoms with E-state index in [-0.39, 0.29) is 16.9 Å². The molecule has 0 amide bonds. The number of ether oxygens (including phenoxy) is 2. The Kier molecular flexibility index (Phi) is 36.4. The van der Waals surface area contributed by atoms with E-state index in [4.69, 9.17) is 22.7 Å². The third-order valence-electron chi connectivity index (χ3n) is 14.7. The average molecular weight is 1070 g/mol. The molecule has 0 saturated carbocycles. The molecule has 0 unspecified atom stereocenters. The molecular formula is C69H103NO8. The highest BCUT2D eigenvalue weighted by atomic mass is 16.5. The molecule has 0 fully saturated rings. The largest absolute Gasteiger partial charge is 0.493 e. The highest BCUT2D eigenvalue weighted by Gasteiger charge is 2.07. The highest BCUT2D eigenvalue weighted by molar-refractivity contribution is 5.89. The minimum atomic E-state index is -0.353. The van der Waals surface area contributed by atoms with Crippen LogP contribution in [0.25, 0.3) is 32.9 Å². The van der Waals surface area contributed by atoms with Crippen molar-refractivity contribution in [3.8, 4) is 11.5 Å². The van der Waals surface area contributed by atoms with Gasteiger partial charge in [0, 0.05) is 35.5 Å². The lowest BCUT2D eigenvalue weighted by molar-refractivity contribution is 0.304. The quantitative estimate of drug-likeness (QED) is 0.0295. The number of benzene rings is 3. The van der Waals surface area contributed by atoms with Gasteiger partial charge in [-0.1, -0.05) is 257 Å².